The van der Waals surface area contributed by atoms with E-state index in [2.05, 4.69) is 9.97 Å². The summed E-state index contributed by atoms with van der Waals surface area (Å²) in [6.45, 7) is 2.61. The van der Waals surface area contributed by atoms with Gasteiger partial charge in [-0.05, 0) is 37.1 Å². The van der Waals surface area contributed by atoms with E-state index in [4.69, 9.17) is 29.3 Å². The molecule has 0 aromatic carbocycles. The van der Waals surface area contributed by atoms with Crippen LogP contribution in [0.1, 0.15) is 23.2 Å². The lowest BCUT2D eigenvalue weighted by atomic mass is 9.77. The van der Waals surface area contributed by atoms with Gasteiger partial charge in [0.15, 0.2) is 0 Å². The Labute approximate surface area is 217 Å². The summed E-state index contributed by atoms with van der Waals surface area (Å²) < 4.78 is 75.4. The highest BCUT2D eigenvalue weighted by Crippen LogP contribution is 2.41. The molecule has 0 spiro atoms. The van der Waals surface area contributed by atoms with Crippen molar-refractivity contribution in [1.82, 2.24) is 14.9 Å². The van der Waals surface area contributed by atoms with Crippen molar-refractivity contribution in [2.24, 2.45) is 5.41 Å². The number of carboxylic acids is 2. The van der Waals surface area contributed by atoms with Crippen LogP contribution >= 0.6 is 0 Å². The molecule has 4 heterocycles. The second kappa shape index (κ2) is 13.2. The predicted molar refractivity (Wildman–Crippen MR) is 119 cm³/mol. The molecule has 1 amide bonds. The largest absolute Gasteiger partial charge is 0.491 e. The van der Waals surface area contributed by atoms with Crippen LogP contribution in [-0.4, -0.2) is 87.7 Å². The van der Waals surface area contributed by atoms with Crippen molar-refractivity contribution in [3.05, 3.63) is 54.6 Å². The van der Waals surface area contributed by atoms with Crippen molar-refractivity contribution in [3.8, 4) is 5.75 Å². The SMILES string of the molecule is O=C(O)C(F)(F)F.O=C(O)C(F)(F)F.O=C(c1ccncc1)N1CC[C@H]2OCC[C@@]2(COc2cccnc2)C1. The zero-order valence-electron chi connectivity index (χ0n) is 20.0. The Hall–Kier alpha value is -3.95. The maximum absolute atomic E-state index is 12.8. The molecule has 16 heteroatoms. The van der Waals surface area contributed by atoms with Crippen LogP contribution in [0.5, 0.6) is 5.75 Å². The third-order valence-electron chi connectivity index (χ3n) is 5.63. The molecular weight excluding hydrogens is 544 g/mol. The van der Waals surface area contributed by atoms with Crippen molar-refractivity contribution < 1.29 is 60.4 Å². The van der Waals surface area contributed by atoms with E-state index in [0.29, 0.717) is 25.3 Å². The highest BCUT2D eigenvalue weighted by molar-refractivity contribution is 5.94. The number of piperidine rings is 1. The van der Waals surface area contributed by atoms with E-state index in [1.165, 1.54) is 0 Å². The van der Waals surface area contributed by atoms with Gasteiger partial charge < -0.3 is 24.6 Å². The molecular formula is C23H23F6N3O7. The van der Waals surface area contributed by atoms with Gasteiger partial charge >= 0.3 is 24.3 Å². The number of ether oxygens (including phenoxy) is 2. The van der Waals surface area contributed by atoms with Gasteiger partial charge in [-0.25, -0.2) is 9.59 Å². The summed E-state index contributed by atoms with van der Waals surface area (Å²) in [5.41, 5.74) is 0.521. The number of likely N-dealkylation sites (tertiary alicyclic amines) is 1. The third-order valence-corrected chi connectivity index (χ3v) is 5.63. The van der Waals surface area contributed by atoms with Crippen molar-refractivity contribution in [3.63, 3.8) is 0 Å². The van der Waals surface area contributed by atoms with Gasteiger partial charge in [-0.15, -0.1) is 0 Å². The molecule has 2 aromatic rings. The van der Waals surface area contributed by atoms with E-state index >= 15 is 0 Å². The summed E-state index contributed by atoms with van der Waals surface area (Å²) in [6, 6.07) is 7.28. The highest BCUT2D eigenvalue weighted by Gasteiger charge is 2.49. The Bertz CT molecular complexity index is 1080. The summed E-state index contributed by atoms with van der Waals surface area (Å²) in [5.74, 6) is -4.71. The second-order valence-corrected chi connectivity index (χ2v) is 8.31. The summed E-state index contributed by atoms with van der Waals surface area (Å²) in [4.78, 5) is 40.6. The van der Waals surface area contributed by atoms with Crippen molar-refractivity contribution in [2.45, 2.75) is 31.3 Å². The van der Waals surface area contributed by atoms with Gasteiger partial charge in [0.2, 0.25) is 0 Å². The molecule has 0 unspecified atom stereocenters. The smallest absolute Gasteiger partial charge is 0.490 e. The fourth-order valence-electron chi connectivity index (χ4n) is 3.77. The van der Waals surface area contributed by atoms with Gasteiger partial charge in [-0.1, -0.05) is 0 Å². The van der Waals surface area contributed by atoms with Crippen LogP contribution in [0.4, 0.5) is 26.3 Å². The van der Waals surface area contributed by atoms with Gasteiger partial charge in [0.25, 0.3) is 5.91 Å². The van der Waals surface area contributed by atoms with Crippen LogP contribution in [0, 0.1) is 5.41 Å². The number of carbonyl (C=O) groups is 3. The lowest BCUT2D eigenvalue weighted by molar-refractivity contribution is -0.193. The zero-order chi connectivity index (χ0) is 29.3. The number of pyridine rings is 2. The Morgan fingerprint density at radius 3 is 2.10 bits per heavy atom. The summed E-state index contributed by atoms with van der Waals surface area (Å²) in [5, 5.41) is 14.2. The van der Waals surface area contributed by atoms with Gasteiger partial charge in [0.05, 0.1) is 24.3 Å². The lowest BCUT2D eigenvalue weighted by Gasteiger charge is -2.43. The number of rotatable bonds is 4. The summed E-state index contributed by atoms with van der Waals surface area (Å²) in [7, 11) is 0. The average molecular weight is 567 g/mol. The Morgan fingerprint density at radius 1 is 1.00 bits per heavy atom. The van der Waals surface area contributed by atoms with Crippen LogP contribution in [0.2, 0.25) is 0 Å². The maximum Gasteiger partial charge on any atom is 0.490 e. The molecule has 10 nitrogen and oxygen atoms in total. The van der Waals surface area contributed by atoms with Crippen LogP contribution in [0.25, 0.3) is 0 Å². The molecule has 214 valence electrons. The normalized spacial score (nSPS) is 20.4. The molecule has 2 N–H and O–H groups in total. The number of aliphatic carboxylic acids is 2. The number of nitrogens with zero attached hydrogens (tertiary/aromatic N) is 3. The Kier molecular flexibility index (Phi) is 10.6. The molecule has 2 aliphatic heterocycles. The molecule has 0 radical (unpaired) electrons. The van der Waals surface area contributed by atoms with Crippen LogP contribution in [-0.2, 0) is 14.3 Å². The van der Waals surface area contributed by atoms with E-state index in [-0.39, 0.29) is 17.4 Å². The minimum Gasteiger partial charge on any atom is -0.491 e. The third kappa shape index (κ3) is 9.38. The van der Waals surface area contributed by atoms with Crippen molar-refractivity contribution in [1.29, 1.82) is 0 Å². The quantitative estimate of drug-likeness (QED) is 0.532. The molecule has 2 aliphatic rings. The summed E-state index contributed by atoms with van der Waals surface area (Å²) >= 11 is 0. The molecule has 2 saturated heterocycles. The number of alkyl halides is 6. The van der Waals surface area contributed by atoms with Crippen LogP contribution < -0.4 is 4.74 Å². The van der Waals surface area contributed by atoms with Crippen LogP contribution in [0.3, 0.4) is 0 Å². The second-order valence-electron chi connectivity index (χ2n) is 8.31. The minimum absolute atomic E-state index is 0.0495. The minimum atomic E-state index is -5.08. The molecule has 0 bridgehead atoms. The molecule has 39 heavy (non-hydrogen) atoms. The first-order chi connectivity index (χ1) is 18.2. The number of hydrogen-bond acceptors (Lipinski definition) is 7. The number of carboxylic acid groups (broad SMARTS) is 2. The zero-order valence-corrected chi connectivity index (χ0v) is 20.0. The molecule has 4 rings (SSSR count). The highest BCUT2D eigenvalue weighted by atomic mass is 19.4. The topological polar surface area (TPSA) is 139 Å². The maximum atomic E-state index is 12.8. The molecule has 2 atom stereocenters. The van der Waals surface area contributed by atoms with Crippen molar-refractivity contribution >= 4 is 17.8 Å². The standard InChI is InChI=1S/C19H21N3O3.2C2HF3O2/c23-18(15-3-8-20-9-4-15)22-10-5-17-19(13-22,6-11-24-17)14-25-16-2-1-7-21-12-16;2*3-2(4,5)1(6)7/h1-4,7-9,12,17H,5-6,10-11,13-14H2;2*(H,6,7)/t17-,19+;;/m1../s1. The van der Waals surface area contributed by atoms with Gasteiger partial charge in [0.1, 0.15) is 5.75 Å². The monoisotopic (exact) mass is 567 g/mol. The predicted octanol–water partition coefficient (Wildman–Crippen LogP) is 3.44. The van der Waals surface area contributed by atoms with Crippen molar-refractivity contribution in [2.75, 3.05) is 26.3 Å². The Morgan fingerprint density at radius 2 is 1.59 bits per heavy atom. The Balaban J connectivity index is 0.000000317. The van der Waals surface area contributed by atoms with Gasteiger partial charge in [-0.3, -0.25) is 14.8 Å². The fraction of sp³-hybridized carbons (Fsp3) is 0.435. The first-order valence-electron chi connectivity index (χ1n) is 11.1. The molecule has 2 aromatic heterocycles. The van der Waals surface area contributed by atoms with Gasteiger partial charge in [0, 0.05) is 43.9 Å². The van der Waals surface area contributed by atoms with E-state index in [0.717, 1.165) is 25.2 Å². The van der Waals surface area contributed by atoms with E-state index in [9.17, 15) is 31.1 Å². The lowest BCUT2D eigenvalue weighted by Crippen LogP contribution is -2.54. The van der Waals surface area contributed by atoms with E-state index < -0.39 is 24.3 Å². The average Bonchev–Trinajstić information content (AvgIpc) is 3.31. The first kappa shape index (κ1) is 31.3. The number of aromatic nitrogens is 2. The number of hydrogen-bond donors (Lipinski definition) is 2. The first-order valence-corrected chi connectivity index (χ1v) is 11.1. The van der Waals surface area contributed by atoms with Gasteiger partial charge in [-0.2, -0.15) is 26.3 Å². The fourth-order valence-corrected chi connectivity index (χ4v) is 3.77. The van der Waals surface area contributed by atoms with E-state index in [1.54, 1.807) is 36.9 Å². The van der Waals surface area contributed by atoms with E-state index in [1.807, 2.05) is 17.0 Å². The number of amides is 1. The number of halogens is 6. The number of fused-ring (bicyclic) bond motifs is 1. The van der Waals surface area contributed by atoms with Crippen LogP contribution in [0.15, 0.2) is 49.1 Å². The number of carbonyl (C=O) groups excluding carboxylic acids is 1. The summed E-state index contributed by atoms with van der Waals surface area (Å²) in [6.07, 6.45) is -1.54. The molecule has 0 aliphatic carbocycles. The molecule has 0 saturated carbocycles. The molecule has 2 fully saturated rings.